The van der Waals surface area contributed by atoms with Crippen molar-refractivity contribution >= 4 is 26.0 Å². The molecule has 1 N–H and O–H groups in total. The van der Waals surface area contributed by atoms with Crippen LogP contribution in [0.5, 0.6) is 0 Å². The number of aromatic nitrogens is 2. The highest BCUT2D eigenvalue weighted by Crippen LogP contribution is 2.42. The van der Waals surface area contributed by atoms with Crippen molar-refractivity contribution in [1.82, 2.24) is 9.55 Å². The lowest BCUT2D eigenvalue weighted by Crippen LogP contribution is -2.26. The van der Waals surface area contributed by atoms with Crippen molar-refractivity contribution in [3.63, 3.8) is 0 Å². The minimum absolute atomic E-state index is 0.0466. The summed E-state index contributed by atoms with van der Waals surface area (Å²) in [7, 11) is -2.19. The fraction of sp³-hybridized carbons (Fsp3) is 0.423. The first-order valence-corrected chi connectivity index (χ1v) is 13.3. The van der Waals surface area contributed by atoms with E-state index in [1.54, 1.807) is 11.5 Å². The van der Waals surface area contributed by atoms with Crippen LogP contribution in [0.15, 0.2) is 41.2 Å². The van der Waals surface area contributed by atoms with E-state index in [1.807, 2.05) is 50.2 Å². The van der Waals surface area contributed by atoms with Crippen molar-refractivity contribution in [2.45, 2.75) is 59.0 Å². The SMILES string of the molecule is CC.CC(OP(O)OCC1CCCO1)c1cc2n(c(=O)c1COC=O)Cc1cc3ccccc3nc1-2. The predicted molar refractivity (Wildman–Crippen MR) is 136 cm³/mol. The smallest absolute Gasteiger partial charge is 0.330 e. The number of hydrogen-bond donors (Lipinski definition) is 1. The number of para-hydroxylation sites is 1. The zero-order valence-corrected chi connectivity index (χ0v) is 21.6. The van der Waals surface area contributed by atoms with Gasteiger partial charge in [0.2, 0.25) is 0 Å². The number of hydrogen-bond acceptors (Lipinski definition) is 8. The van der Waals surface area contributed by atoms with E-state index < -0.39 is 14.7 Å². The summed E-state index contributed by atoms with van der Waals surface area (Å²) in [6, 6.07) is 11.7. The number of fused-ring (bicyclic) bond motifs is 4. The van der Waals surface area contributed by atoms with Crippen LogP contribution in [-0.2, 0) is 36.5 Å². The van der Waals surface area contributed by atoms with Crippen molar-refractivity contribution in [2.24, 2.45) is 0 Å². The highest BCUT2D eigenvalue weighted by atomic mass is 31.2. The van der Waals surface area contributed by atoms with E-state index in [4.69, 9.17) is 23.5 Å². The van der Waals surface area contributed by atoms with Crippen molar-refractivity contribution in [3.8, 4) is 11.4 Å². The molecular weight excluding hydrogens is 483 g/mol. The van der Waals surface area contributed by atoms with Gasteiger partial charge < -0.3 is 28.0 Å². The summed E-state index contributed by atoms with van der Waals surface area (Å²) in [5.41, 5.74) is 3.69. The second kappa shape index (κ2) is 12.0. The number of pyridine rings is 2. The summed E-state index contributed by atoms with van der Waals surface area (Å²) in [5.74, 6) is 0. The Labute approximate surface area is 211 Å². The lowest BCUT2D eigenvalue weighted by Gasteiger charge is -2.21. The van der Waals surface area contributed by atoms with Crippen molar-refractivity contribution in [3.05, 3.63) is 63.4 Å². The third kappa shape index (κ3) is 5.51. The summed E-state index contributed by atoms with van der Waals surface area (Å²) < 4.78 is 23.3. The molecular formula is C26H31N2O7P. The molecule has 1 saturated heterocycles. The summed E-state index contributed by atoms with van der Waals surface area (Å²) in [5, 5.41) is 0.998. The zero-order chi connectivity index (χ0) is 25.7. The molecule has 0 amide bonds. The normalized spacial score (nSPS) is 17.6. The zero-order valence-electron chi connectivity index (χ0n) is 20.7. The maximum absolute atomic E-state index is 13.4. The maximum Gasteiger partial charge on any atom is 0.330 e. The van der Waals surface area contributed by atoms with Crippen molar-refractivity contribution in [2.75, 3.05) is 13.2 Å². The number of benzene rings is 1. The maximum atomic E-state index is 13.4. The molecule has 1 fully saturated rings. The van der Waals surface area contributed by atoms with Gasteiger partial charge in [0, 0.05) is 17.6 Å². The monoisotopic (exact) mass is 514 g/mol. The topological polar surface area (TPSA) is 109 Å². The molecule has 2 aliphatic rings. The minimum atomic E-state index is -2.19. The number of carbonyl (C=O) groups is 1. The molecule has 3 unspecified atom stereocenters. The van der Waals surface area contributed by atoms with Crippen LogP contribution in [0.25, 0.3) is 22.3 Å². The summed E-state index contributed by atoms with van der Waals surface area (Å²) in [6.07, 6.45) is 1.12. The Hall–Kier alpha value is -2.68. The molecule has 10 heteroatoms. The molecule has 5 rings (SSSR count). The number of carbonyl (C=O) groups excluding carboxylic acids is 1. The van der Waals surface area contributed by atoms with Crippen LogP contribution < -0.4 is 5.56 Å². The molecule has 0 spiro atoms. The minimum Gasteiger partial charge on any atom is -0.463 e. The molecule has 4 heterocycles. The van der Waals surface area contributed by atoms with Crippen molar-refractivity contribution < 1.29 is 28.2 Å². The van der Waals surface area contributed by atoms with Gasteiger partial charge in [-0.2, -0.15) is 0 Å². The highest BCUT2D eigenvalue weighted by Gasteiger charge is 2.28. The molecule has 0 aliphatic carbocycles. The van der Waals surface area contributed by atoms with Crippen LogP contribution in [-0.4, -0.2) is 40.2 Å². The van der Waals surface area contributed by atoms with E-state index in [0.717, 1.165) is 35.0 Å². The third-order valence-corrected chi connectivity index (χ3v) is 7.05. The van der Waals surface area contributed by atoms with E-state index in [2.05, 4.69) is 0 Å². The average molecular weight is 515 g/mol. The van der Waals surface area contributed by atoms with Gasteiger partial charge in [-0.25, -0.2) is 4.98 Å². The van der Waals surface area contributed by atoms with Crippen molar-refractivity contribution in [1.29, 1.82) is 0 Å². The molecule has 0 saturated carbocycles. The van der Waals surface area contributed by atoms with Gasteiger partial charge in [0.1, 0.15) is 6.61 Å². The number of rotatable bonds is 9. The van der Waals surface area contributed by atoms with Gasteiger partial charge in [0.05, 0.1) is 47.8 Å². The van der Waals surface area contributed by atoms with Gasteiger partial charge in [-0.15, -0.1) is 0 Å². The molecule has 0 bridgehead atoms. The molecule has 1 aromatic carbocycles. The van der Waals surface area contributed by atoms with Crippen LogP contribution in [0.3, 0.4) is 0 Å². The van der Waals surface area contributed by atoms with Crippen LogP contribution in [0.4, 0.5) is 0 Å². The van der Waals surface area contributed by atoms with Crippen LogP contribution in [0.1, 0.15) is 56.4 Å². The second-order valence-electron chi connectivity index (χ2n) is 8.37. The standard InChI is InChI=1S/C24H25N2O7P.C2H6/c1-15(33-34(29)32-12-18-6-4-8-31-18)19-10-22-23-17(9-16-5-2-3-7-21(16)25-23)11-26(22)24(28)20(19)13-30-14-27;1-2/h2-3,5,7,9-10,14-15,18,29H,4,6,8,11-13H2,1H3;1-2H3. The average Bonchev–Trinajstić information content (AvgIpc) is 3.54. The molecule has 2 aromatic heterocycles. The second-order valence-corrected chi connectivity index (χ2v) is 9.31. The van der Waals surface area contributed by atoms with E-state index >= 15 is 0 Å². The molecule has 3 atom stereocenters. The molecule has 3 aromatic rings. The predicted octanol–water partition coefficient (Wildman–Crippen LogP) is 4.62. The fourth-order valence-corrected chi connectivity index (χ4v) is 5.24. The largest absolute Gasteiger partial charge is 0.463 e. The van der Waals surface area contributed by atoms with Gasteiger partial charge in [-0.05, 0) is 43.5 Å². The van der Waals surface area contributed by atoms with Crippen LogP contribution >= 0.6 is 8.60 Å². The van der Waals surface area contributed by atoms with Gasteiger partial charge in [-0.1, -0.05) is 32.0 Å². The first-order valence-electron chi connectivity index (χ1n) is 12.2. The molecule has 192 valence electrons. The first-order chi connectivity index (χ1) is 17.5. The number of nitrogens with zero attached hydrogens (tertiary/aromatic N) is 2. The quantitative estimate of drug-likeness (QED) is 0.255. The van der Waals surface area contributed by atoms with E-state index in [0.29, 0.717) is 36.4 Å². The molecule has 9 nitrogen and oxygen atoms in total. The molecule has 2 aliphatic heterocycles. The Morgan fingerprint density at radius 3 is 2.86 bits per heavy atom. The Balaban J connectivity index is 0.00000148. The number of ether oxygens (including phenoxy) is 2. The Morgan fingerprint density at radius 2 is 2.11 bits per heavy atom. The van der Waals surface area contributed by atoms with Gasteiger partial charge in [0.25, 0.3) is 12.0 Å². The third-order valence-electron chi connectivity index (χ3n) is 6.19. The lowest BCUT2D eigenvalue weighted by molar-refractivity contribution is -0.129. The lowest BCUT2D eigenvalue weighted by atomic mass is 10.0. The Morgan fingerprint density at radius 1 is 1.31 bits per heavy atom. The summed E-state index contributed by atoms with van der Waals surface area (Å²) >= 11 is 0. The van der Waals surface area contributed by atoms with Gasteiger partial charge >= 0.3 is 8.60 Å². The first kappa shape index (κ1) is 26.4. The van der Waals surface area contributed by atoms with E-state index in [9.17, 15) is 14.5 Å². The Kier molecular flexibility index (Phi) is 8.82. The fourth-order valence-electron chi connectivity index (χ4n) is 4.50. The molecule has 36 heavy (non-hydrogen) atoms. The van der Waals surface area contributed by atoms with Crippen LogP contribution in [0.2, 0.25) is 0 Å². The van der Waals surface area contributed by atoms with E-state index in [-0.39, 0.29) is 24.9 Å². The summed E-state index contributed by atoms with van der Waals surface area (Å²) in [6.45, 7) is 7.14. The van der Waals surface area contributed by atoms with E-state index in [1.165, 1.54) is 0 Å². The highest BCUT2D eigenvalue weighted by molar-refractivity contribution is 7.40. The Bertz CT molecular complexity index is 1270. The summed E-state index contributed by atoms with van der Waals surface area (Å²) in [4.78, 5) is 39.4. The van der Waals surface area contributed by atoms with Gasteiger partial charge in [-0.3, -0.25) is 9.59 Å². The van der Waals surface area contributed by atoms with Gasteiger partial charge in [0.15, 0.2) is 0 Å². The van der Waals surface area contributed by atoms with Crippen LogP contribution in [0, 0.1) is 0 Å². The molecule has 0 radical (unpaired) electrons.